The SMILES string of the molecule is CCc1cccc(OC2CCCC(C#N)(NC3CC3)C2)c1. The summed E-state index contributed by atoms with van der Waals surface area (Å²) in [5, 5.41) is 13.2. The molecule has 0 amide bonds. The lowest BCUT2D eigenvalue weighted by molar-refractivity contribution is 0.112. The summed E-state index contributed by atoms with van der Waals surface area (Å²) in [6, 6.07) is 11.4. The molecule has 2 saturated carbocycles. The van der Waals surface area contributed by atoms with Crippen molar-refractivity contribution in [1.29, 1.82) is 5.26 Å². The Labute approximate surface area is 127 Å². The van der Waals surface area contributed by atoms with E-state index in [1.165, 1.54) is 18.4 Å². The lowest BCUT2D eigenvalue weighted by Crippen LogP contribution is -2.50. The molecule has 2 unspecified atom stereocenters. The Morgan fingerprint density at radius 1 is 1.38 bits per heavy atom. The van der Waals surface area contributed by atoms with Crippen molar-refractivity contribution in [3.8, 4) is 11.8 Å². The number of benzene rings is 1. The first-order chi connectivity index (χ1) is 10.2. The number of aryl methyl sites for hydroxylation is 1. The molecule has 0 bridgehead atoms. The maximum atomic E-state index is 9.62. The van der Waals surface area contributed by atoms with Gasteiger partial charge in [0, 0.05) is 12.5 Å². The molecule has 0 saturated heterocycles. The van der Waals surface area contributed by atoms with E-state index < -0.39 is 0 Å². The van der Waals surface area contributed by atoms with Gasteiger partial charge in [0.05, 0.1) is 6.07 Å². The molecule has 0 heterocycles. The summed E-state index contributed by atoms with van der Waals surface area (Å²) in [6.45, 7) is 2.15. The molecule has 1 aromatic rings. The van der Waals surface area contributed by atoms with E-state index >= 15 is 0 Å². The molecular weight excluding hydrogens is 260 g/mol. The Bertz CT molecular complexity index is 532. The third-order valence-electron chi connectivity index (χ3n) is 4.59. The minimum atomic E-state index is -0.369. The molecule has 0 aromatic heterocycles. The van der Waals surface area contributed by atoms with Gasteiger partial charge in [-0.1, -0.05) is 19.1 Å². The maximum absolute atomic E-state index is 9.62. The Morgan fingerprint density at radius 2 is 2.24 bits per heavy atom. The van der Waals surface area contributed by atoms with E-state index in [4.69, 9.17) is 4.74 Å². The van der Waals surface area contributed by atoms with Crippen molar-refractivity contribution in [2.24, 2.45) is 0 Å². The van der Waals surface area contributed by atoms with E-state index in [9.17, 15) is 5.26 Å². The molecule has 1 N–H and O–H groups in total. The summed E-state index contributed by atoms with van der Waals surface area (Å²) < 4.78 is 6.17. The molecule has 3 heteroatoms. The number of nitrogens with zero attached hydrogens (tertiary/aromatic N) is 1. The van der Waals surface area contributed by atoms with Crippen LogP contribution in [0.3, 0.4) is 0 Å². The van der Waals surface area contributed by atoms with Gasteiger partial charge in [-0.3, -0.25) is 5.32 Å². The monoisotopic (exact) mass is 284 g/mol. The molecule has 0 radical (unpaired) electrons. The van der Waals surface area contributed by atoms with Crippen LogP contribution >= 0.6 is 0 Å². The highest BCUT2D eigenvalue weighted by Gasteiger charge is 2.41. The van der Waals surface area contributed by atoms with Crippen molar-refractivity contribution >= 4 is 0 Å². The van der Waals surface area contributed by atoms with Crippen LogP contribution in [0.15, 0.2) is 24.3 Å². The largest absolute Gasteiger partial charge is 0.490 e. The third kappa shape index (κ3) is 3.57. The first-order valence-corrected chi connectivity index (χ1v) is 8.17. The van der Waals surface area contributed by atoms with Gasteiger partial charge in [0.15, 0.2) is 0 Å². The molecule has 21 heavy (non-hydrogen) atoms. The highest BCUT2D eigenvalue weighted by atomic mass is 16.5. The zero-order chi connectivity index (χ0) is 14.7. The van der Waals surface area contributed by atoms with Gasteiger partial charge in [-0.25, -0.2) is 0 Å². The van der Waals surface area contributed by atoms with E-state index in [-0.39, 0.29) is 11.6 Å². The van der Waals surface area contributed by atoms with Gasteiger partial charge in [-0.05, 0) is 56.2 Å². The van der Waals surface area contributed by atoms with Gasteiger partial charge < -0.3 is 4.74 Å². The van der Waals surface area contributed by atoms with Gasteiger partial charge in [-0.2, -0.15) is 5.26 Å². The second kappa shape index (κ2) is 6.07. The fourth-order valence-corrected chi connectivity index (χ4v) is 3.24. The van der Waals surface area contributed by atoms with Crippen LogP contribution < -0.4 is 10.1 Å². The molecule has 2 aliphatic carbocycles. The fraction of sp³-hybridized carbons (Fsp3) is 0.611. The van der Waals surface area contributed by atoms with Gasteiger partial charge in [0.2, 0.25) is 0 Å². The average molecular weight is 284 g/mol. The van der Waals surface area contributed by atoms with Crippen molar-refractivity contribution in [1.82, 2.24) is 5.32 Å². The van der Waals surface area contributed by atoms with E-state index in [0.717, 1.165) is 37.9 Å². The maximum Gasteiger partial charge on any atom is 0.119 e. The smallest absolute Gasteiger partial charge is 0.119 e. The minimum Gasteiger partial charge on any atom is -0.490 e. The Hall–Kier alpha value is -1.53. The lowest BCUT2D eigenvalue weighted by Gasteiger charge is -2.36. The molecule has 2 fully saturated rings. The van der Waals surface area contributed by atoms with Crippen molar-refractivity contribution in [3.63, 3.8) is 0 Å². The Kier molecular flexibility index (Phi) is 4.17. The number of nitrogens with one attached hydrogen (secondary N) is 1. The van der Waals surface area contributed by atoms with Crippen LogP contribution in [-0.2, 0) is 6.42 Å². The van der Waals surface area contributed by atoms with Crippen LogP contribution in [0.25, 0.3) is 0 Å². The average Bonchev–Trinajstić information content (AvgIpc) is 3.31. The van der Waals surface area contributed by atoms with Gasteiger partial charge in [0.25, 0.3) is 0 Å². The summed E-state index contributed by atoms with van der Waals surface area (Å²) in [7, 11) is 0. The summed E-state index contributed by atoms with van der Waals surface area (Å²) in [4.78, 5) is 0. The summed E-state index contributed by atoms with van der Waals surface area (Å²) in [5.74, 6) is 0.944. The van der Waals surface area contributed by atoms with Gasteiger partial charge in [0.1, 0.15) is 17.4 Å². The summed E-state index contributed by atoms with van der Waals surface area (Å²) >= 11 is 0. The van der Waals surface area contributed by atoms with E-state index in [1.54, 1.807) is 0 Å². The van der Waals surface area contributed by atoms with Crippen LogP contribution in [0, 0.1) is 11.3 Å². The number of ether oxygens (including phenoxy) is 1. The van der Waals surface area contributed by atoms with Crippen LogP contribution in [-0.4, -0.2) is 17.7 Å². The standard InChI is InChI=1S/C18H24N2O/c1-2-14-5-3-6-16(11-14)21-17-7-4-10-18(12-17,13-19)20-15-8-9-15/h3,5-6,11,15,17,20H,2,4,7-10,12H2,1H3. The second-order valence-electron chi connectivity index (χ2n) is 6.45. The van der Waals surface area contributed by atoms with Crippen molar-refractivity contribution in [3.05, 3.63) is 29.8 Å². The van der Waals surface area contributed by atoms with Gasteiger partial charge in [-0.15, -0.1) is 0 Å². The molecule has 0 aliphatic heterocycles. The molecule has 3 nitrogen and oxygen atoms in total. The lowest BCUT2D eigenvalue weighted by atomic mass is 9.81. The molecule has 0 spiro atoms. The summed E-state index contributed by atoms with van der Waals surface area (Å²) in [5.41, 5.74) is 0.929. The van der Waals surface area contributed by atoms with E-state index in [1.807, 2.05) is 6.07 Å². The number of rotatable bonds is 5. The predicted molar refractivity (Wildman–Crippen MR) is 83.2 cm³/mol. The topological polar surface area (TPSA) is 45.0 Å². The minimum absolute atomic E-state index is 0.150. The highest BCUT2D eigenvalue weighted by molar-refractivity contribution is 5.29. The van der Waals surface area contributed by atoms with Crippen LogP contribution in [0.1, 0.15) is 51.0 Å². The van der Waals surface area contributed by atoms with Crippen molar-refractivity contribution in [2.75, 3.05) is 0 Å². The van der Waals surface area contributed by atoms with Crippen LogP contribution in [0.5, 0.6) is 5.75 Å². The quantitative estimate of drug-likeness (QED) is 0.898. The number of nitriles is 1. The van der Waals surface area contributed by atoms with E-state index in [0.29, 0.717) is 6.04 Å². The van der Waals surface area contributed by atoms with Crippen molar-refractivity contribution in [2.45, 2.75) is 69.6 Å². The van der Waals surface area contributed by atoms with Crippen LogP contribution in [0.4, 0.5) is 0 Å². The highest BCUT2D eigenvalue weighted by Crippen LogP contribution is 2.34. The van der Waals surface area contributed by atoms with E-state index in [2.05, 4.69) is 36.5 Å². The normalized spacial score (nSPS) is 28.9. The first kappa shape index (κ1) is 14.4. The molecular formula is C18H24N2O. The summed E-state index contributed by atoms with van der Waals surface area (Å²) in [6.07, 6.45) is 7.47. The zero-order valence-corrected chi connectivity index (χ0v) is 12.8. The second-order valence-corrected chi connectivity index (χ2v) is 6.45. The molecule has 2 atom stereocenters. The Morgan fingerprint density at radius 3 is 2.95 bits per heavy atom. The molecule has 2 aliphatic rings. The molecule has 1 aromatic carbocycles. The number of hydrogen-bond acceptors (Lipinski definition) is 3. The third-order valence-corrected chi connectivity index (χ3v) is 4.59. The first-order valence-electron chi connectivity index (χ1n) is 8.17. The fourth-order valence-electron chi connectivity index (χ4n) is 3.24. The zero-order valence-electron chi connectivity index (χ0n) is 12.8. The Balaban J connectivity index is 1.66. The van der Waals surface area contributed by atoms with Gasteiger partial charge >= 0.3 is 0 Å². The van der Waals surface area contributed by atoms with Crippen LogP contribution in [0.2, 0.25) is 0 Å². The predicted octanol–water partition coefficient (Wildman–Crippen LogP) is 3.58. The number of hydrogen-bond donors (Lipinski definition) is 1. The molecule has 3 rings (SSSR count). The molecule has 112 valence electrons. The van der Waals surface area contributed by atoms with Crippen molar-refractivity contribution < 1.29 is 4.74 Å².